The van der Waals surface area contributed by atoms with Crippen molar-refractivity contribution in [3.63, 3.8) is 0 Å². The van der Waals surface area contributed by atoms with Gasteiger partial charge in [-0.3, -0.25) is 4.79 Å². The highest BCUT2D eigenvalue weighted by molar-refractivity contribution is 6.14. The Morgan fingerprint density at radius 2 is 1.88 bits per heavy atom. The molecule has 0 radical (unpaired) electrons. The number of halogens is 1. The van der Waals surface area contributed by atoms with Crippen molar-refractivity contribution in [2.24, 2.45) is 0 Å². The third-order valence-electron chi connectivity index (χ3n) is 5.15. The molecular weight excluding hydrogens is 407 g/mol. The Kier molecular flexibility index (Phi) is 5.25. The van der Waals surface area contributed by atoms with E-state index in [1.54, 1.807) is 47.3 Å². The highest BCUT2D eigenvalue weighted by atomic mass is 19.1. The molecule has 5 rings (SSSR count). The van der Waals surface area contributed by atoms with Crippen LogP contribution in [0.4, 0.5) is 4.39 Å². The maximum atomic E-state index is 13.1. The summed E-state index contributed by atoms with van der Waals surface area (Å²) in [5.41, 5.74) is 3.65. The van der Waals surface area contributed by atoms with Crippen molar-refractivity contribution in [3.05, 3.63) is 113 Å². The van der Waals surface area contributed by atoms with E-state index in [1.807, 2.05) is 36.5 Å². The molecular formula is C26H19FN2O3. The fourth-order valence-electron chi connectivity index (χ4n) is 3.48. The second-order valence-corrected chi connectivity index (χ2v) is 7.41. The van der Waals surface area contributed by atoms with E-state index in [0.717, 1.165) is 16.8 Å². The van der Waals surface area contributed by atoms with Crippen LogP contribution < -0.4 is 9.47 Å². The van der Waals surface area contributed by atoms with Crippen LogP contribution in [-0.4, -0.2) is 22.2 Å². The second kappa shape index (κ2) is 8.51. The number of ketones is 1. The third-order valence-corrected chi connectivity index (χ3v) is 5.15. The van der Waals surface area contributed by atoms with Crippen LogP contribution in [0.25, 0.3) is 11.8 Å². The van der Waals surface area contributed by atoms with Gasteiger partial charge in [-0.15, -0.1) is 0 Å². The first-order valence-electron chi connectivity index (χ1n) is 10.2. The van der Waals surface area contributed by atoms with Gasteiger partial charge < -0.3 is 9.47 Å². The largest absolute Gasteiger partial charge is 0.489 e. The van der Waals surface area contributed by atoms with Crippen LogP contribution in [0, 0.1) is 5.82 Å². The SMILES string of the molecule is O=C1C(=Cc2ccc(F)cc2)COc2cc(OCc3cnn(-c4ccccc4)c3)ccc21. The minimum atomic E-state index is -0.316. The number of rotatable bonds is 5. The van der Waals surface area contributed by atoms with E-state index in [-0.39, 0.29) is 18.2 Å². The predicted octanol–water partition coefficient (Wildman–Crippen LogP) is 5.25. The molecule has 0 aliphatic carbocycles. The summed E-state index contributed by atoms with van der Waals surface area (Å²) in [6, 6.07) is 21.0. The minimum Gasteiger partial charge on any atom is -0.489 e. The summed E-state index contributed by atoms with van der Waals surface area (Å²) in [6.07, 6.45) is 5.40. The summed E-state index contributed by atoms with van der Waals surface area (Å²) in [5, 5.41) is 4.37. The molecule has 32 heavy (non-hydrogen) atoms. The zero-order valence-corrected chi connectivity index (χ0v) is 17.1. The first-order valence-corrected chi connectivity index (χ1v) is 10.2. The molecule has 1 aliphatic heterocycles. The van der Waals surface area contributed by atoms with Gasteiger partial charge in [-0.05, 0) is 48.0 Å². The molecule has 0 spiro atoms. The summed E-state index contributed by atoms with van der Waals surface area (Å²) < 4.78 is 26.6. The number of ether oxygens (including phenoxy) is 2. The van der Waals surface area contributed by atoms with Gasteiger partial charge in [0.15, 0.2) is 5.78 Å². The highest BCUT2D eigenvalue weighted by Crippen LogP contribution is 2.32. The molecule has 0 bridgehead atoms. The summed E-state index contributed by atoms with van der Waals surface area (Å²) in [5.74, 6) is 0.675. The Labute approximate surface area is 184 Å². The minimum absolute atomic E-state index is 0.105. The molecule has 158 valence electrons. The van der Waals surface area contributed by atoms with E-state index in [2.05, 4.69) is 5.10 Å². The Morgan fingerprint density at radius 3 is 2.69 bits per heavy atom. The average Bonchev–Trinajstić information content (AvgIpc) is 3.31. The zero-order valence-electron chi connectivity index (χ0n) is 17.1. The number of hydrogen-bond donors (Lipinski definition) is 0. The lowest BCUT2D eigenvalue weighted by atomic mass is 9.98. The van der Waals surface area contributed by atoms with Gasteiger partial charge in [0.2, 0.25) is 0 Å². The number of benzene rings is 3. The number of para-hydroxylation sites is 1. The second-order valence-electron chi connectivity index (χ2n) is 7.41. The summed E-state index contributed by atoms with van der Waals surface area (Å²) >= 11 is 0. The molecule has 5 nitrogen and oxygen atoms in total. The van der Waals surface area contributed by atoms with Gasteiger partial charge in [-0.25, -0.2) is 9.07 Å². The Balaban J connectivity index is 1.27. The van der Waals surface area contributed by atoms with Crippen molar-refractivity contribution in [3.8, 4) is 17.2 Å². The first-order chi connectivity index (χ1) is 15.7. The van der Waals surface area contributed by atoms with Crippen LogP contribution in [0.15, 0.2) is 90.8 Å². The van der Waals surface area contributed by atoms with Crippen LogP contribution in [0.1, 0.15) is 21.5 Å². The smallest absolute Gasteiger partial charge is 0.196 e. The van der Waals surface area contributed by atoms with E-state index in [9.17, 15) is 9.18 Å². The first kappa shape index (κ1) is 19.8. The fraction of sp³-hybridized carbons (Fsp3) is 0.0769. The number of hydrogen-bond acceptors (Lipinski definition) is 4. The molecule has 0 saturated carbocycles. The van der Waals surface area contributed by atoms with Crippen molar-refractivity contribution in [2.75, 3.05) is 6.61 Å². The quantitative estimate of drug-likeness (QED) is 0.409. The monoisotopic (exact) mass is 426 g/mol. The lowest BCUT2D eigenvalue weighted by molar-refractivity contribution is 0.100. The molecule has 0 fully saturated rings. The van der Waals surface area contributed by atoms with E-state index in [4.69, 9.17) is 9.47 Å². The normalized spacial score (nSPS) is 14.2. The number of Topliss-reactive ketones (excluding diaryl/α,β-unsaturated/α-hetero) is 1. The van der Waals surface area contributed by atoms with Crippen molar-refractivity contribution in [2.45, 2.75) is 6.61 Å². The van der Waals surface area contributed by atoms with Crippen molar-refractivity contribution in [1.82, 2.24) is 9.78 Å². The van der Waals surface area contributed by atoms with Gasteiger partial charge in [0, 0.05) is 23.4 Å². The van der Waals surface area contributed by atoms with Gasteiger partial charge in [-0.1, -0.05) is 30.3 Å². The van der Waals surface area contributed by atoms with E-state index in [0.29, 0.717) is 29.2 Å². The van der Waals surface area contributed by atoms with Crippen LogP contribution >= 0.6 is 0 Å². The number of nitrogens with zero attached hydrogens (tertiary/aromatic N) is 2. The van der Waals surface area contributed by atoms with Gasteiger partial charge in [0.25, 0.3) is 0 Å². The molecule has 0 unspecified atom stereocenters. The van der Waals surface area contributed by atoms with Gasteiger partial charge in [-0.2, -0.15) is 5.10 Å². The van der Waals surface area contributed by atoms with E-state index < -0.39 is 0 Å². The van der Waals surface area contributed by atoms with Gasteiger partial charge >= 0.3 is 0 Å². The van der Waals surface area contributed by atoms with E-state index >= 15 is 0 Å². The van der Waals surface area contributed by atoms with E-state index in [1.165, 1.54) is 12.1 Å². The lowest BCUT2D eigenvalue weighted by Crippen LogP contribution is -2.19. The summed E-state index contributed by atoms with van der Waals surface area (Å²) in [4.78, 5) is 12.8. The lowest BCUT2D eigenvalue weighted by Gasteiger charge is -2.19. The van der Waals surface area contributed by atoms with Crippen LogP contribution in [-0.2, 0) is 6.61 Å². The Bertz CT molecular complexity index is 1290. The standard InChI is InChI=1S/C26H19FN2O3/c27-21-8-6-18(7-9-21)12-20-17-32-25-13-23(10-11-24(25)26(20)30)31-16-19-14-28-29(15-19)22-4-2-1-3-5-22/h1-15H,16-17H2. The molecule has 4 aromatic rings. The molecule has 1 aromatic heterocycles. The number of carbonyl (C=O) groups excluding carboxylic acids is 1. The predicted molar refractivity (Wildman–Crippen MR) is 119 cm³/mol. The number of carbonyl (C=O) groups is 1. The molecule has 1 aliphatic rings. The van der Waals surface area contributed by atoms with Crippen LogP contribution in [0.2, 0.25) is 0 Å². The Morgan fingerprint density at radius 1 is 1.06 bits per heavy atom. The number of fused-ring (bicyclic) bond motifs is 1. The average molecular weight is 426 g/mol. The molecule has 0 amide bonds. The highest BCUT2D eigenvalue weighted by Gasteiger charge is 2.24. The maximum absolute atomic E-state index is 13.1. The topological polar surface area (TPSA) is 53.4 Å². The molecule has 0 N–H and O–H groups in total. The maximum Gasteiger partial charge on any atom is 0.196 e. The molecule has 0 atom stereocenters. The Hall–Kier alpha value is -4.19. The van der Waals surface area contributed by atoms with Crippen LogP contribution in [0.5, 0.6) is 11.5 Å². The number of aromatic nitrogens is 2. The third kappa shape index (κ3) is 4.16. The van der Waals surface area contributed by atoms with Crippen molar-refractivity contribution >= 4 is 11.9 Å². The van der Waals surface area contributed by atoms with Gasteiger partial charge in [0.05, 0.1) is 17.4 Å². The zero-order chi connectivity index (χ0) is 21.9. The van der Waals surface area contributed by atoms with Gasteiger partial charge in [0.1, 0.15) is 30.5 Å². The molecule has 3 aromatic carbocycles. The molecule has 2 heterocycles. The fourth-order valence-corrected chi connectivity index (χ4v) is 3.48. The van der Waals surface area contributed by atoms with Crippen LogP contribution in [0.3, 0.4) is 0 Å². The van der Waals surface area contributed by atoms with Crippen molar-refractivity contribution in [1.29, 1.82) is 0 Å². The van der Waals surface area contributed by atoms with Crippen molar-refractivity contribution < 1.29 is 18.7 Å². The summed E-state index contributed by atoms with van der Waals surface area (Å²) in [7, 11) is 0. The molecule has 0 saturated heterocycles. The summed E-state index contributed by atoms with van der Waals surface area (Å²) in [6.45, 7) is 0.492. The molecule has 6 heteroatoms.